The van der Waals surface area contributed by atoms with Gasteiger partial charge in [-0.25, -0.2) is 0 Å². The lowest BCUT2D eigenvalue weighted by atomic mass is 10.1. The van der Waals surface area contributed by atoms with Gasteiger partial charge in [-0.15, -0.1) is 0 Å². The average Bonchev–Trinajstić information content (AvgIpc) is 3.01. The van der Waals surface area contributed by atoms with Crippen LogP contribution in [0.2, 0.25) is 0 Å². The second-order valence-electron chi connectivity index (χ2n) is 4.85. The van der Waals surface area contributed by atoms with Crippen LogP contribution in [0, 0.1) is 0 Å². The Balaban J connectivity index is 0.00000103. The summed E-state index contributed by atoms with van der Waals surface area (Å²) in [5.41, 5.74) is 1.42. The van der Waals surface area contributed by atoms with Crippen LogP contribution in [0.4, 0.5) is 0 Å². The maximum Gasteiger partial charge on any atom is 0.261 e. The fourth-order valence-corrected chi connectivity index (χ4v) is 2.42. The van der Waals surface area contributed by atoms with Crippen molar-refractivity contribution in [2.24, 2.45) is 0 Å². The van der Waals surface area contributed by atoms with E-state index < -0.39 is 0 Å². The summed E-state index contributed by atoms with van der Waals surface area (Å²) in [5, 5.41) is 0. The lowest BCUT2D eigenvalue weighted by Crippen LogP contribution is -2.31. The van der Waals surface area contributed by atoms with Gasteiger partial charge in [-0.3, -0.25) is 19.3 Å². The fraction of sp³-hybridized carbons (Fsp3) is 0.348. The Morgan fingerprint density at radius 3 is 1.56 bits per heavy atom. The third-order valence-electron chi connectivity index (χ3n) is 3.54. The lowest BCUT2D eigenvalue weighted by Gasteiger charge is -2.12. The largest absolute Gasteiger partial charge is 0.294 e. The Hall–Kier alpha value is -2.75. The molecule has 1 aliphatic heterocycles. The number of Topliss-reactive ketones (excluding diaryl/α,β-unsaturated/α-hetero) is 1. The van der Waals surface area contributed by atoms with Gasteiger partial charge in [-0.1, -0.05) is 84.0 Å². The molecule has 0 radical (unpaired) electrons. The number of carbonyl (C=O) groups excluding carboxylic acids is 3. The zero-order chi connectivity index (χ0) is 20.8. The third-order valence-corrected chi connectivity index (χ3v) is 3.54. The Bertz CT molecular complexity index is 688. The molecule has 2 amide bonds. The first-order valence-electron chi connectivity index (χ1n) is 9.72. The molecule has 3 rings (SSSR count). The topological polar surface area (TPSA) is 54.5 Å². The van der Waals surface area contributed by atoms with Crippen LogP contribution in [0.25, 0.3) is 0 Å². The van der Waals surface area contributed by atoms with Crippen LogP contribution < -0.4 is 0 Å². The molecule has 0 saturated heterocycles. The highest BCUT2D eigenvalue weighted by Crippen LogP contribution is 2.22. The summed E-state index contributed by atoms with van der Waals surface area (Å²) in [4.78, 5) is 37.5. The minimum Gasteiger partial charge on any atom is -0.294 e. The number of hydrogen-bond donors (Lipinski definition) is 0. The molecule has 4 nitrogen and oxygen atoms in total. The Morgan fingerprint density at radius 2 is 1.11 bits per heavy atom. The SMILES string of the molecule is CC.CC.CC.O=C(CCN1C(=O)c2ccccc2C1=O)c1ccccc1. The minimum absolute atomic E-state index is 0.0767. The molecule has 0 saturated carbocycles. The van der Waals surface area contributed by atoms with Gasteiger partial charge >= 0.3 is 0 Å². The number of carbonyl (C=O) groups is 3. The predicted molar refractivity (Wildman–Crippen MR) is 111 cm³/mol. The summed E-state index contributed by atoms with van der Waals surface area (Å²) in [6, 6.07) is 15.6. The van der Waals surface area contributed by atoms with Crippen LogP contribution in [-0.4, -0.2) is 29.0 Å². The van der Waals surface area contributed by atoms with Crippen molar-refractivity contribution < 1.29 is 14.4 Å². The van der Waals surface area contributed by atoms with Crippen molar-refractivity contribution in [1.82, 2.24) is 4.90 Å². The van der Waals surface area contributed by atoms with Crippen molar-refractivity contribution in [2.75, 3.05) is 6.54 Å². The summed E-state index contributed by atoms with van der Waals surface area (Å²) < 4.78 is 0. The Kier molecular flexibility index (Phi) is 12.1. The Labute approximate surface area is 163 Å². The number of hydrogen-bond acceptors (Lipinski definition) is 3. The second-order valence-corrected chi connectivity index (χ2v) is 4.85. The lowest BCUT2D eigenvalue weighted by molar-refractivity contribution is 0.0649. The van der Waals surface area contributed by atoms with Crippen molar-refractivity contribution >= 4 is 17.6 Å². The zero-order valence-electron chi connectivity index (χ0n) is 17.3. The molecule has 4 heteroatoms. The standard InChI is InChI=1S/C17H13NO3.3C2H6/c19-15(12-6-2-1-3-7-12)10-11-18-16(20)13-8-4-5-9-14(13)17(18)21;3*1-2/h1-9H,10-11H2;3*1-2H3. The Morgan fingerprint density at radius 1 is 0.704 bits per heavy atom. The van der Waals surface area contributed by atoms with Crippen LogP contribution in [0.15, 0.2) is 54.6 Å². The van der Waals surface area contributed by atoms with E-state index in [0.717, 1.165) is 4.90 Å². The number of imide groups is 1. The van der Waals surface area contributed by atoms with E-state index in [-0.39, 0.29) is 30.6 Å². The van der Waals surface area contributed by atoms with Gasteiger partial charge in [-0.2, -0.15) is 0 Å². The van der Waals surface area contributed by atoms with Gasteiger partial charge in [0.25, 0.3) is 11.8 Å². The van der Waals surface area contributed by atoms with Crippen LogP contribution in [0.1, 0.15) is 79.0 Å². The van der Waals surface area contributed by atoms with Crippen molar-refractivity contribution in [1.29, 1.82) is 0 Å². The highest BCUT2D eigenvalue weighted by Gasteiger charge is 2.34. The molecular weight excluding hydrogens is 338 g/mol. The van der Waals surface area contributed by atoms with Crippen LogP contribution in [0.5, 0.6) is 0 Å². The summed E-state index contributed by atoms with van der Waals surface area (Å²) >= 11 is 0. The maximum atomic E-state index is 12.1. The van der Waals surface area contributed by atoms with E-state index in [1.165, 1.54) is 0 Å². The van der Waals surface area contributed by atoms with E-state index in [1.54, 1.807) is 48.5 Å². The maximum absolute atomic E-state index is 12.1. The summed E-state index contributed by atoms with van der Waals surface area (Å²) in [6.45, 7) is 12.1. The van der Waals surface area contributed by atoms with E-state index in [2.05, 4.69) is 0 Å². The van der Waals surface area contributed by atoms with E-state index >= 15 is 0 Å². The highest BCUT2D eigenvalue weighted by atomic mass is 16.2. The van der Waals surface area contributed by atoms with Crippen molar-refractivity contribution in [3.8, 4) is 0 Å². The third kappa shape index (κ3) is 6.17. The first-order chi connectivity index (χ1) is 13.2. The normalized spacial score (nSPS) is 11.1. The molecule has 0 atom stereocenters. The number of ketones is 1. The smallest absolute Gasteiger partial charge is 0.261 e. The first-order valence-corrected chi connectivity index (χ1v) is 9.72. The number of nitrogens with zero attached hydrogens (tertiary/aromatic N) is 1. The molecule has 1 heterocycles. The van der Waals surface area contributed by atoms with Crippen LogP contribution >= 0.6 is 0 Å². The van der Waals surface area contributed by atoms with Crippen molar-refractivity contribution in [2.45, 2.75) is 48.0 Å². The molecule has 0 bridgehead atoms. The molecule has 2 aromatic rings. The summed E-state index contributed by atoms with van der Waals surface area (Å²) in [6.07, 6.45) is 0.134. The zero-order valence-corrected chi connectivity index (χ0v) is 17.3. The average molecular weight is 370 g/mol. The van der Waals surface area contributed by atoms with E-state index in [0.29, 0.717) is 16.7 Å². The minimum atomic E-state index is -0.323. The van der Waals surface area contributed by atoms with Crippen LogP contribution in [0.3, 0.4) is 0 Å². The highest BCUT2D eigenvalue weighted by molar-refractivity contribution is 6.21. The molecule has 0 unspecified atom stereocenters. The van der Waals surface area contributed by atoms with E-state index in [4.69, 9.17) is 0 Å². The van der Waals surface area contributed by atoms with Gasteiger partial charge in [0, 0.05) is 18.5 Å². The van der Waals surface area contributed by atoms with Gasteiger partial charge in [0.15, 0.2) is 5.78 Å². The number of rotatable bonds is 4. The molecule has 0 aliphatic carbocycles. The molecule has 0 fully saturated rings. The van der Waals surface area contributed by atoms with Gasteiger partial charge < -0.3 is 0 Å². The monoisotopic (exact) mass is 369 g/mol. The summed E-state index contributed by atoms with van der Waals surface area (Å²) in [5.74, 6) is -0.722. The second kappa shape index (κ2) is 13.5. The van der Waals surface area contributed by atoms with Crippen molar-refractivity contribution in [3.05, 3.63) is 71.3 Å². The number of benzene rings is 2. The predicted octanol–water partition coefficient (Wildman–Crippen LogP) is 5.63. The first kappa shape index (κ1) is 24.2. The fourth-order valence-electron chi connectivity index (χ4n) is 2.42. The molecule has 146 valence electrons. The van der Waals surface area contributed by atoms with Crippen LogP contribution in [-0.2, 0) is 0 Å². The van der Waals surface area contributed by atoms with Gasteiger partial charge in [0.1, 0.15) is 0 Å². The molecule has 0 spiro atoms. The molecule has 2 aromatic carbocycles. The summed E-state index contributed by atoms with van der Waals surface area (Å²) in [7, 11) is 0. The molecule has 0 N–H and O–H groups in total. The molecule has 1 aliphatic rings. The number of fused-ring (bicyclic) bond motifs is 1. The quantitative estimate of drug-likeness (QED) is 0.518. The molecule has 0 aromatic heterocycles. The van der Waals surface area contributed by atoms with Gasteiger partial charge in [0.2, 0.25) is 0 Å². The van der Waals surface area contributed by atoms with Gasteiger partial charge in [-0.05, 0) is 12.1 Å². The molecule has 27 heavy (non-hydrogen) atoms. The van der Waals surface area contributed by atoms with Gasteiger partial charge in [0.05, 0.1) is 11.1 Å². The molecular formula is C23H31NO3. The van der Waals surface area contributed by atoms with E-state index in [1.807, 2.05) is 47.6 Å². The van der Waals surface area contributed by atoms with E-state index in [9.17, 15) is 14.4 Å². The van der Waals surface area contributed by atoms with Crippen molar-refractivity contribution in [3.63, 3.8) is 0 Å². The number of amides is 2.